The molecule has 6 rings (SSSR count). The Balaban J connectivity index is 1.44. The second kappa shape index (κ2) is 13.5. The van der Waals surface area contributed by atoms with Gasteiger partial charge in [-0.2, -0.15) is 0 Å². The lowest BCUT2D eigenvalue weighted by molar-refractivity contribution is -0.145. The predicted molar refractivity (Wildman–Crippen MR) is 183 cm³/mol. The maximum atomic E-state index is 15.0. The van der Waals surface area contributed by atoms with Crippen LogP contribution < -0.4 is 4.90 Å². The van der Waals surface area contributed by atoms with Gasteiger partial charge in [-0.25, -0.2) is 0 Å². The second-order valence-corrected chi connectivity index (χ2v) is 14.2. The van der Waals surface area contributed by atoms with E-state index in [2.05, 4.69) is 13.2 Å². The summed E-state index contributed by atoms with van der Waals surface area (Å²) < 4.78 is -0.834. The Morgan fingerprint density at radius 2 is 1.63 bits per heavy atom. The number of benzene rings is 3. The molecule has 7 nitrogen and oxygen atoms in total. The van der Waals surface area contributed by atoms with E-state index >= 15 is 0 Å². The Labute approximate surface area is 279 Å². The molecule has 2 unspecified atom stereocenters. The van der Waals surface area contributed by atoms with Crippen molar-refractivity contribution in [2.45, 2.75) is 41.5 Å². The number of thioether (sulfide) groups is 1. The van der Waals surface area contributed by atoms with E-state index in [1.165, 1.54) is 0 Å². The van der Waals surface area contributed by atoms with Crippen LogP contribution in [0.3, 0.4) is 0 Å². The van der Waals surface area contributed by atoms with E-state index < -0.39 is 28.7 Å². The van der Waals surface area contributed by atoms with Crippen molar-refractivity contribution in [3.8, 4) is 0 Å². The highest BCUT2D eigenvalue weighted by molar-refractivity contribution is 8.02. The third kappa shape index (κ3) is 5.57. The quantitative estimate of drug-likeness (QED) is 0.246. The molecule has 3 fully saturated rings. The van der Waals surface area contributed by atoms with Gasteiger partial charge in [0.25, 0.3) is 5.91 Å². The molecule has 0 saturated carbocycles. The summed E-state index contributed by atoms with van der Waals surface area (Å²) in [6, 6.07) is 24.4. The number of amides is 3. The Bertz CT molecular complexity index is 1600. The van der Waals surface area contributed by atoms with Crippen molar-refractivity contribution in [2.75, 3.05) is 24.6 Å². The molecule has 3 amide bonds. The van der Waals surface area contributed by atoms with E-state index in [9.17, 15) is 19.5 Å². The van der Waals surface area contributed by atoms with Crippen molar-refractivity contribution in [2.24, 2.45) is 11.8 Å². The molecular weight excluding hydrogens is 618 g/mol. The third-order valence-corrected chi connectivity index (χ3v) is 11.7. The molecule has 3 aromatic rings. The van der Waals surface area contributed by atoms with Gasteiger partial charge < -0.3 is 19.8 Å². The van der Waals surface area contributed by atoms with E-state index in [0.29, 0.717) is 36.6 Å². The molecule has 46 heavy (non-hydrogen) atoms. The molecule has 3 aromatic carbocycles. The van der Waals surface area contributed by atoms with Gasteiger partial charge in [-0.05, 0) is 48.2 Å². The molecule has 3 aliphatic heterocycles. The van der Waals surface area contributed by atoms with Gasteiger partial charge in [-0.15, -0.1) is 24.9 Å². The summed E-state index contributed by atoms with van der Waals surface area (Å²) in [4.78, 5) is 49.4. The molecule has 0 aromatic heterocycles. The first kappa shape index (κ1) is 32.1. The SMILES string of the molecule is C=CCN(Cc1ccccc1)C(=O)[C@@H]1[C@H]2C(=O)N([C@H](CO)c3ccccc3)C(C(=O)N(CC=C)c3ccc(Cl)cc3)C23CC[C@H]1S3. The summed E-state index contributed by atoms with van der Waals surface area (Å²) in [6.45, 7) is 8.38. The molecule has 0 radical (unpaired) electrons. The molecule has 9 heteroatoms. The number of halogens is 1. The molecule has 3 heterocycles. The van der Waals surface area contributed by atoms with Crippen LogP contribution in [0.5, 0.6) is 0 Å². The van der Waals surface area contributed by atoms with E-state index in [1.807, 2.05) is 60.7 Å². The van der Waals surface area contributed by atoms with Crippen LogP contribution in [-0.2, 0) is 20.9 Å². The van der Waals surface area contributed by atoms with Gasteiger partial charge in [0.2, 0.25) is 11.8 Å². The first-order valence-corrected chi connectivity index (χ1v) is 16.9. The number of likely N-dealkylation sites (tertiary alicyclic amines) is 1. The minimum absolute atomic E-state index is 0.102. The van der Waals surface area contributed by atoms with E-state index in [-0.39, 0.29) is 36.1 Å². The topological polar surface area (TPSA) is 81.2 Å². The summed E-state index contributed by atoms with van der Waals surface area (Å²) in [7, 11) is 0. The van der Waals surface area contributed by atoms with Crippen LogP contribution in [0.15, 0.2) is 110 Å². The summed E-state index contributed by atoms with van der Waals surface area (Å²) in [6.07, 6.45) is 4.70. The molecule has 3 aliphatic rings. The number of hydrogen-bond acceptors (Lipinski definition) is 5. The third-order valence-electron chi connectivity index (χ3n) is 9.54. The fourth-order valence-corrected chi connectivity index (χ4v) is 9.96. The van der Waals surface area contributed by atoms with Crippen LogP contribution in [0.25, 0.3) is 0 Å². The van der Waals surface area contributed by atoms with E-state index in [0.717, 1.165) is 11.1 Å². The fourth-order valence-electron chi connectivity index (χ4n) is 7.64. The van der Waals surface area contributed by atoms with Crippen LogP contribution in [0.1, 0.15) is 30.0 Å². The van der Waals surface area contributed by atoms with Crippen LogP contribution in [0.4, 0.5) is 5.69 Å². The molecule has 1 N–H and O–H groups in total. The van der Waals surface area contributed by atoms with Gasteiger partial charge >= 0.3 is 0 Å². The van der Waals surface area contributed by atoms with Crippen molar-refractivity contribution < 1.29 is 19.5 Å². The first-order valence-electron chi connectivity index (χ1n) is 15.6. The maximum absolute atomic E-state index is 15.0. The lowest BCUT2D eigenvalue weighted by atomic mass is 9.70. The maximum Gasteiger partial charge on any atom is 0.251 e. The molecule has 0 aliphatic carbocycles. The van der Waals surface area contributed by atoms with E-state index in [4.69, 9.17) is 11.6 Å². The Kier molecular flexibility index (Phi) is 9.41. The van der Waals surface area contributed by atoms with Crippen LogP contribution in [0, 0.1) is 11.8 Å². The highest BCUT2D eigenvalue weighted by Gasteiger charge is 2.74. The minimum atomic E-state index is -0.909. The summed E-state index contributed by atoms with van der Waals surface area (Å²) in [5.74, 6) is -1.94. The number of fused-ring (bicyclic) bond motifs is 1. The number of nitrogens with zero attached hydrogens (tertiary/aromatic N) is 3. The first-order chi connectivity index (χ1) is 22.3. The van der Waals surface area contributed by atoms with Gasteiger partial charge in [0.05, 0.1) is 29.2 Å². The van der Waals surface area contributed by atoms with Crippen LogP contribution >= 0.6 is 23.4 Å². The molecule has 238 valence electrons. The van der Waals surface area contributed by atoms with Crippen LogP contribution in [-0.4, -0.2) is 68.4 Å². The van der Waals surface area contributed by atoms with Gasteiger partial charge in [0.1, 0.15) is 6.04 Å². The number of anilines is 1. The summed E-state index contributed by atoms with van der Waals surface area (Å²) in [5.41, 5.74) is 2.35. The zero-order valence-corrected chi connectivity index (χ0v) is 27.2. The smallest absolute Gasteiger partial charge is 0.251 e. The highest BCUT2D eigenvalue weighted by atomic mass is 35.5. The molecule has 2 bridgehead atoms. The number of carbonyl (C=O) groups is 3. The van der Waals surface area contributed by atoms with Gasteiger partial charge in [0, 0.05) is 35.6 Å². The number of rotatable bonds is 12. The Morgan fingerprint density at radius 1 is 0.978 bits per heavy atom. The predicted octanol–water partition coefficient (Wildman–Crippen LogP) is 5.90. The van der Waals surface area contributed by atoms with Gasteiger partial charge in [-0.1, -0.05) is 84.4 Å². The molecule has 1 spiro atoms. The molecular formula is C37H38ClN3O4S. The van der Waals surface area contributed by atoms with Crippen molar-refractivity contribution in [1.82, 2.24) is 9.80 Å². The van der Waals surface area contributed by atoms with Gasteiger partial charge in [0.15, 0.2) is 0 Å². The highest BCUT2D eigenvalue weighted by Crippen LogP contribution is 2.67. The van der Waals surface area contributed by atoms with Crippen molar-refractivity contribution in [3.05, 3.63) is 126 Å². The number of aliphatic hydroxyl groups is 1. The van der Waals surface area contributed by atoms with Crippen LogP contribution in [0.2, 0.25) is 5.02 Å². The number of hydrogen-bond donors (Lipinski definition) is 1. The largest absolute Gasteiger partial charge is 0.394 e. The van der Waals surface area contributed by atoms with Crippen molar-refractivity contribution in [3.63, 3.8) is 0 Å². The molecule has 6 atom stereocenters. The van der Waals surface area contributed by atoms with Gasteiger partial charge in [-0.3, -0.25) is 14.4 Å². The zero-order valence-electron chi connectivity index (χ0n) is 25.6. The summed E-state index contributed by atoms with van der Waals surface area (Å²) >= 11 is 7.80. The molecule has 3 saturated heterocycles. The lowest BCUT2D eigenvalue weighted by Crippen LogP contribution is -2.56. The second-order valence-electron chi connectivity index (χ2n) is 12.1. The average Bonchev–Trinajstić information content (AvgIpc) is 3.72. The lowest BCUT2D eigenvalue weighted by Gasteiger charge is -2.39. The van der Waals surface area contributed by atoms with E-state index in [1.54, 1.807) is 62.9 Å². The number of carbonyl (C=O) groups excluding carboxylic acids is 3. The van der Waals surface area contributed by atoms with Crippen molar-refractivity contribution >= 4 is 46.8 Å². The standard InChI is InChI=1S/C37H38ClN3O4S/c1-3-21-39(23-25-11-7-5-8-12-25)34(43)31-30-19-20-37(46-30)32(31)35(44)41(29(24-42)26-13-9-6-10-14-26)33(37)36(45)40(22-4-2)28-17-15-27(38)16-18-28/h3-18,29-33,42H,1-2,19-24H2/t29-,30-,31+,32+,33?,37?/m1/s1. The fraction of sp³-hybridized carbons (Fsp3) is 0.324. The zero-order chi connectivity index (χ0) is 32.4. The average molecular weight is 656 g/mol. The summed E-state index contributed by atoms with van der Waals surface area (Å²) in [5, 5.41) is 11.3. The van der Waals surface area contributed by atoms with Crippen molar-refractivity contribution in [1.29, 1.82) is 0 Å². The Morgan fingerprint density at radius 3 is 2.26 bits per heavy atom. The Hall–Kier alpha value is -3.85. The minimum Gasteiger partial charge on any atom is -0.394 e. The monoisotopic (exact) mass is 655 g/mol. The normalized spacial score (nSPS) is 25.2. The number of aliphatic hydroxyl groups excluding tert-OH is 1.